The van der Waals surface area contributed by atoms with Crippen LogP contribution in [0.5, 0.6) is 34.5 Å². The quantitative estimate of drug-likeness (QED) is 0.00303. The van der Waals surface area contributed by atoms with Crippen LogP contribution >= 0.6 is 87.8 Å². The van der Waals surface area contributed by atoms with Gasteiger partial charge in [0, 0.05) is 74.7 Å². The number of phenols is 4. The molecule has 0 atom stereocenters. The van der Waals surface area contributed by atoms with E-state index in [1.165, 1.54) is 97.7 Å². The number of carbonyl (C=O) groups excluding carboxylic acids is 8. The number of benzene rings is 9. The SMILES string of the molecule is C.C.COC(=O)CN.COC(=O)CNC/C=C/c1cc(Cl)ccc1O.COC(=O)CNCCCc1cc(Cl)ccc1O.COC(=O)CNCCCc1cc(Cl)ccc1Oc1cc(F)c(S(=O)(=O)N(C(=O)OC(C)(C)C)c2cscn2)cc1Cl.O=C/C=C/c1cc(Cl)ccc1O.O=CC=P(c1ccccc1)(c1ccccc1)c1ccccc1.O=Cc1cc(Cl)ccc1O.[CH3-].[Pd]. The molecule has 9 N–H and O–H groups in total. The zero-order valence-corrected chi connectivity index (χ0v) is 78.7. The first-order valence-corrected chi connectivity index (χ1v) is 43.9. The number of ether oxygens (including phenoxy) is 6. The molecule has 26 nitrogen and oxygen atoms in total. The van der Waals surface area contributed by atoms with Crippen LogP contribution in [-0.4, -0.2) is 168 Å². The van der Waals surface area contributed by atoms with Crippen LogP contribution in [0.25, 0.3) is 12.2 Å². The van der Waals surface area contributed by atoms with E-state index < -0.39 is 39.3 Å². The number of aryl methyl sites for hydroxylation is 2. The molecule has 700 valence electrons. The molecule has 1 heterocycles. The monoisotopic (exact) mass is 2040 g/mol. The van der Waals surface area contributed by atoms with Crippen molar-refractivity contribution in [3.05, 3.63) is 288 Å². The zero-order chi connectivity index (χ0) is 92.5. The van der Waals surface area contributed by atoms with Gasteiger partial charge in [0.25, 0.3) is 10.0 Å². The number of amides is 1. The molecule has 0 aliphatic rings. The number of esters is 4. The maximum absolute atomic E-state index is 15.4. The Morgan fingerprint density at radius 2 is 0.961 bits per heavy atom. The van der Waals surface area contributed by atoms with Gasteiger partial charge in [-0.1, -0.05) is 188 Å². The number of nitrogens with one attached hydrogen (secondary N) is 3. The summed E-state index contributed by atoms with van der Waals surface area (Å²) < 4.78 is 71.5. The third-order valence-corrected chi connectivity index (χ3v) is 23.9. The van der Waals surface area contributed by atoms with Crippen LogP contribution in [-0.2, 0) is 95.7 Å². The molecular formula is C92H105Cl6FN6O20PPdS2-. The van der Waals surface area contributed by atoms with Gasteiger partial charge >= 0.3 is 30.0 Å². The minimum absolute atomic E-state index is 0. The summed E-state index contributed by atoms with van der Waals surface area (Å²) in [5, 5.41) is 53.3. The van der Waals surface area contributed by atoms with Crippen molar-refractivity contribution >= 4 is 186 Å². The molecule has 10 aromatic rings. The normalized spacial score (nSPS) is 10.4. The fourth-order valence-electron chi connectivity index (χ4n) is 10.3. The Hall–Kier alpha value is -10.3. The molecule has 10 rings (SSSR count). The molecule has 0 unspecified atom stereocenters. The third-order valence-electron chi connectivity index (χ3n) is 16.2. The van der Waals surface area contributed by atoms with E-state index in [4.69, 9.17) is 89.9 Å². The summed E-state index contributed by atoms with van der Waals surface area (Å²) in [5.41, 5.74) is 7.97. The van der Waals surface area contributed by atoms with Gasteiger partial charge in [-0.3, -0.25) is 33.6 Å². The van der Waals surface area contributed by atoms with Crippen LogP contribution in [0.3, 0.4) is 0 Å². The molecular weight excluding hydrogens is 1940 g/mol. The first-order chi connectivity index (χ1) is 59.6. The number of thiazole rings is 1. The number of hydrogen-bond donors (Lipinski definition) is 8. The Kier molecular flexibility index (Phi) is 58.5. The van der Waals surface area contributed by atoms with Gasteiger partial charge in [-0.25, -0.2) is 22.6 Å². The van der Waals surface area contributed by atoms with Crippen molar-refractivity contribution in [1.82, 2.24) is 20.9 Å². The molecule has 9 aromatic carbocycles. The Balaban J connectivity index is 0.00000159. The second kappa shape index (κ2) is 63.6. The van der Waals surface area contributed by atoms with Gasteiger partial charge < -0.3 is 78.0 Å². The van der Waals surface area contributed by atoms with E-state index in [1.54, 1.807) is 93.6 Å². The first-order valence-electron chi connectivity index (χ1n) is 37.4. The molecule has 0 radical (unpaired) electrons. The Morgan fingerprint density at radius 1 is 0.543 bits per heavy atom. The first kappa shape index (κ1) is 119. The fraction of sp³-hybridized carbons (Fsp3) is 0.228. The molecule has 0 fully saturated rings. The van der Waals surface area contributed by atoms with E-state index >= 15 is 4.39 Å². The van der Waals surface area contributed by atoms with E-state index in [0.29, 0.717) is 99.0 Å². The number of sulfonamides is 1. The smallest absolute Gasteiger partial charge is 0.430 e. The molecule has 0 bridgehead atoms. The van der Waals surface area contributed by atoms with E-state index in [1.807, 2.05) is 60.4 Å². The van der Waals surface area contributed by atoms with Crippen LogP contribution in [0.15, 0.2) is 222 Å². The average Bonchev–Trinajstić information content (AvgIpc) is 1.55. The Bertz CT molecular complexity index is 5280. The van der Waals surface area contributed by atoms with Gasteiger partial charge in [-0.2, -0.15) is 0 Å². The molecule has 0 aliphatic heterocycles. The molecule has 0 saturated carbocycles. The fourth-order valence-corrected chi connectivity index (χ4v) is 17.0. The summed E-state index contributed by atoms with van der Waals surface area (Å²) in [7, 11) is 0.445. The predicted molar refractivity (Wildman–Crippen MR) is 512 cm³/mol. The number of hydrogen-bond acceptors (Lipinski definition) is 26. The molecule has 1 aromatic heterocycles. The van der Waals surface area contributed by atoms with Crippen molar-refractivity contribution in [3.63, 3.8) is 0 Å². The molecule has 129 heavy (non-hydrogen) atoms. The number of aromatic nitrogens is 1. The standard InChI is InChI=1S/C26H28Cl2FN3O7S2.C20H17OP.C12H16ClNO3.C12H14ClNO3.C9H7ClO2.C7H5ClO2.C3H7NO2.2CH4.CH3.Pd/c1-26(2,3)39-25(34)32(23-14-40-15-31-23)41(35,36)22-11-18(28)21(12-19(22)29)38-20-8-7-17(27)10-16(20)6-5-9-30-13-24(33)37-4;21-16-17-22(18-10-4-1-5-11-18,19-12-6-2-7-13-19)20-14-8-3-9-15-20;2*1-17-12(16)8-14-6-2-3-9-7-10(13)4-5-11(9)15;10-8-3-4-9(12)7(6-8)2-1-5-11;8-6-1-2-7(10)5(3-6)4-9;1-6-3(5)2-4;;;;/h7-8,10-12,14-15,30H,5-6,9,13H2,1-4H3;1-17H;4-5,7,14-15H,2-3,6,8H2,1H3;2-5,7,14-15H,6,8H2,1H3;1-6,12H;1-4,10H;2,4H2,1H3;2*1H4;1H3;/q;;;;;;;;;-1;/b;;;3-2+;2-1+;;;;;;. The van der Waals surface area contributed by atoms with Gasteiger partial charge in [0.2, 0.25) is 0 Å². The van der Waals surface area contributed by atoms with Crippen molar-refractivity contribution in [2.24, 2.45) is 5.73 Å². The number of aldehydes is 3. The summed E-state index contributed by atoms with van der Waals surface area (Å²) in [6.07, 6.45) is 9.79. The van der Waals surface area contributed by atoms with E-state index in [2.05, 4.69) is 76.3 Å². The van der Waals surface area contributed by atoms with Crippen molar-refractivity contribution < 1.29 is 120 Å². The molecule has 0 saturated heterocycles. The van der Waals surface area contributed by atoms with Gasteiger partial charge in [-0.15, -0.1) is 15.6 Å². The molecule has 37 heteroatoms. The van der Waals surface area contributed by atoms with Crippen molar-refractivity contribution in [3.8, 4) is 34.5 Å². The minimum Gasteiger partial charge on any atom is -0.508 e. The summed E-state index contributed by atoms with van der Waals surface area (Å²) >= 11 is 36.4. The number of allylic oxidation sites excluding steroid dienone is 1. The number of aromatic hydroxyl groups is 4. The van der Waals surface area contributed by atoms with Gasteiger partial charge in [-0.05, 0) is 208 Å². The van der Waals surface area contributed by atoms with Gasteiger partial charge in [0.1, 0.15) is 63.4 Å². The minimum atomic E-state index is -4.85. The second-order valence-corrected chi connectivity index (χ2v) is 34.6. The predicted octanol–water partition coefficient (Wildman–Crippen LogP) is 17.7. The van der Waals surface area contributed by atoms with Crippen LogP contribution in [0.4, 0.5) is 15.0 Å². The van der Waals surface area contributed by atoms with Crippen molar-refractivity contribution in [1.29, 1.82) is 0 Å². The average molecular weight is 2050 g/mol. The van der Waals surface area contributed by atoms with Crippen LogP contribution in [0, 0.1) is 13.2 Å². The Morgan fingerprint density at radius 3 is 1.37 bits per heavy atom. The topological polar surface area (TPSA) is 385 Å². The number of phenolic OH excluding ortho intramolecular Hbond substituents is 4. The molecule has 1 amide bonds. The van der Waals surface area contributed by atoms with E-state index in [0.717, 1.165) is 41.7 Å². The van der Waals surface area contributed by atoms with E-state index in [9.17, 15) is 62.1 Å². The number of halogens is 7. The van der Waals surface area contributed by atoms with Gasteiger partial charge in [0.15, 0.2) is 12.1 Å². The van der Waals surface area contributed by atoms with Crippen molar-refractivity contribution in [2.45, 2.75) is 71.8 Å². The number of methoxy groups -OCH3 is 4. The summed E-state index contributed by atoms with van der Waals surface area (Å²) in [6, 6.07) is 56.2. The molecule has 0 spiro atoms. The third kappa shape index (κ3) is 42.4. The Labute approximate surface area is 800 Å². The summed E-state index contributed by atoms with van der Waals surface area (Å²) in [5.74, 6) is -0.340. The van der Waals surface area contributed by atoms with Gasteiger partial charge in [0.05, 0.1) is 70.7 Å². The maximum atomic E-state index is 15.4. The number of anilines is 1. The van der Waals surface area contributed by atoms with Crippen molar-refractivity contribution in [2.75, 3.05) is 78.6 Å². The second-order valence-electron chi connectivity index (χ2n) is 26.3. The number of nitrogens with two attached hydrogens (primary N) is 1. The van der Waals surface area contributed by atoms with Crippen LogP contribution in [0.1, 0.15) is 81.1 Å². The summed E-state index contributed by atoms with van der Waals surface area (Å²) in [4.78, 5) is 90.2. The van der Waals surface area contributed by atoms with Crippen LogP contribution < -0.4 is 46.6 Å². The maximum Gasteiger partial charge on any atom is 0.430 e. The molecule has 0 aliphatic carbocycles. The number of rotatable bonds is 30. The summed E-state index contributed by atoms with van der Waals surface area (Å²) in [6.45, 7) is 4.70. The largest absolute Gasteiger partial charge is 0.508 e. The van der Waals surface area contributed by atoms with E-state index in [-0.39, 0.29) is 142 Å². The zero-order valence-electron chi connectivity index (χ0n) is 70.0. The number of carbonyl (C=O) groups is 8. The number of nitrogens with zero attached hydrogens (tertiary/aromatic N) is 2. The van der Waals surface area contributed by atoms with Crippen LogP contribution in [0.2, 0.25) is 30.1 Å².